The number of aryl methyl sites for hydroxylation is 1. The van der Waals surface area contributed by atoms with Gasteiger partial charge in [0.05, 0.1) is 11.9 Å². The summed E-state index contributed by atoms with van der Waals surface area (Å²) in [4.78, 5) is 3.74. The molecule has 7 nitrogen and oxygen atoms in total. The van der Waals surface area contributed by atoms with Crippen molar-refractivity contribution in [2.45, 2.75) is 11.4 Å². The van der Waals surface area contributed by atoms with Gasteiger partial charge in [-0.05, 0) is 6.07 Å². The molecule has 0 amide bonds. The molecule has 8 heteroatoms. The highest BCUT2D eigenvalue weighted by Crippen LogP contribution is 2.15. The summed E-state index contributed by atoms with van der Waals surface area (Å²) in [6, 6.07) is 1.44. The summed E-state index contributed by atoms with van der Waals surface area (Å²) < 4.78 is 28.0. The highest BCUT2D eigenvalue weighted by Gasteiger charge is 2.17. The molecule has 18 heavy (non-hydrogen) atoms. The first-order chi connectivity index (χ1) is 8.49. The fraction of sp³-hybridized carbons (Fsp3) is 0.200. The molecule has 2 aromatic heterocycles. The van der Waals surface area contributed by atoms with Gasteiger partial charge in [0.15, 0.2) is 0 Å². The fourth-order valence-electron chi connectivity index (χ4n) is 1.43. The van der Waals surface area contributed by atoms with Gasteiger partial charge in [-0.15, -0.1) is 0 Å². The van der Waals surface area contributed by atoms with Crippen molar-refractivity contribution in [1.82, 2.24) is 19.5 Å². The smallest absolute Gasteiger partial charge is 0.244 e. The SMILES string of the molecule is Cn1cc(CNS(=O)(=O)c2cnccc2N)cn1. The molecule has 0 bridgehead atoms. The number of sulfonamides is 1. The van der Waals surface area contributed by atoms with Crippen molar-refractivity contribution in [2.75, 3.05) is 5.73 Å². The van der Waals surface area contributed by atoms with Gasteiger partial charge >= 0.3 is 0 Å². The summed E-state index contributed by atoms with van der Waals surface area (Å²) in [5.74, 6) is 0. The highest BCUT2D eigenvalue weighted by molar-refractivity contribution is 7.89. The lowest BCUT2D eigenvalue weighted by Crippen LogP contribution is -2.24. The lowest BCUT2D eigenvalue weighted by molar-refractivity contribution is 0.581. The molecule has 0 unspecified atom stereocenters. The van der Waals surface area contributed by atoms with Crippen molar-refractivity contribution >= 4 is 15.7 Å². The molecular weight excluding hydrogens is 254 g/mol. The Balaban J connectivity index is 2.16. The van der Waals surface area contributed by atoms with Crippen molar-refractivity contribution in [1.29, 1.82) is 0 Å². The van der Waals surface area contributed by atoms with Gasteiger partial charge < -0.3 is 5.73 Å². The summed E-state index contributed by atoms with van der Waals surface area (Å²) in [6.07, 6.45) is 5.99. The summed E-state index contributed by atoms with van der Waals surface area (Å²) in [5.41, 5.74) is 6.54. The first-order valence-electron chi connectivity index (χ1n) is 5.16. The molecule has 0 fully saturated rings. The van der Waals surface area contributed by atoms with Crippen LogP contribution in [0.15, 0.2) is 35.7 Å². The Labute approximate surface area is 105 Å². The van der Waals surface area contributed by atoms with Crippen molar-refractivity contribution in [3.8, 4) is 0 Å². The molecule has 96 valence electrons. The van der Waals surface area contributed by atoms with Gasteiger partial charge in [-0.3, -0.25) is 9.67 Å². The maximum atomic E-state index is 12.0. The topological polar surface area (TPSA) is 103 Å². The third-order valence-corrected chi connectivity index (χ3v) is 3.78. The molecule has 0 saturated carbocycles. The van der Waals surface area contributed by atoms with E-state index in [0.717, 1.165) is 5.56 Å². The number of hydrogen-bond acceptors (Lipinski definition) is 5. The predicted octanol–water partition coefficient (Wildman–Crippen LogP) is -0.124. The van der Waals surface area contributed by atoms with Crippen LogP contribution in [-0.2, 0) is 23.6 Å². The van der Waals surface area contributed by atoms with E-state index in [1.807, 2.05) is 0 Å². The molecule has 2 heterocycles. The van der Waals surface area contributed by atoms with E-state index in [4.69, 9.17) is 5.73 Å². The number of rotatable bonds is 4. The zero-order valence-corrected chi connectivity index (χ0v) is 10.6. The molecule has 0 radical (unpaired) electrons. The average molecular weight is 267 g/mol. The molecule has 3 N–H and O–H groups in total. The van der Waals surface area contributed by atoms with Crippen molar-refractivity contribution in [3.63, 3.8) is 0 Å². The van der Waals surface area contributed by atoms with Crippen LogP contribution >= 0.6 is 0 Å². The summed E-state index contributed by atoms with van der Waals surface area (Å²) in [5, 5.41) is 3.95. The number of hydrogen-bond donors (Lipinski definition) is 2. The monoisotopic (exact) mass is 267 g/mol. The van der Waals surface area contributed by atoms with E-state index in [2.05, 4.69) is 14.8 Å². The molecule has 2 rings (SSSR count). The van der Waals surface area contributed by atoms with Crippen LogP contribution in [0.25, 0.3) is 0 Å². The molecule has 0 aliphatic carbocycles. The Bertz CT molecular complexity index is 650. The van der Waals surface area contributed by atoms with Crippen LogP contribution in [-0.4, -0.2) is 23.2 Å². The van der Waals surface area contributed by atoms with Crippen LogP contribution in [0.5, 0.6) is 0 Å². The van der Waals surface area contributed by atoms with Crippen molar-refractivity contribution < 1.29 is 8.42 Å². The number of nitrogens with two attached hydrogens (primary N) is 1. The first-order valence-corrected chi connectivity index (χ1v) is 6.64. The van der Waals surface area contributed by atoms with Crippen LogP contribution < -0.4 is 10.5 Å². The van der Waals surface area contributed by atoms with E-state index < -0.39 is 10.0 Å². The molecule has 0 spiro atoms. The number of anilines is 1. The van der Waals surface area contributed by atoms with Gasteiger partial charge in [0.2, 0.25) is 10.0 Å². The Kier molecular flexibility index (Phi) is 3.30. The minimum Gasteiger partial charge on any atom is -0.398 e. The van der Waals surface area contributed by atoms with Crippen LogP contribution in [0.1, 0.15) is 5.56 Å². The van der Waals surface area contributed by atoms with Crippen LogP contribution in [0.2, 0.25) is 0 Å². The van der Waals surface area contributed by atoms with Crippen molar-refractivity contribution in [3.05, 3.63) is 36.4 Å². The van der Waals surface area contributed by atoms with Gasteiger partial charge in [0, 0.05) is 37.7 Å². The quantitative estimate of drug-likeness (QED) is 0.803. The first kappa shape index (κ1) is 12.5. The predicted molar refractivity (Wildman–Crippen MR) is 65.9 cm³/mol. The second-order valence-electron chi connectivity index (χ2n) is 3.76. The Morgan fingerprint density at radius 3 is 2.83 bits per heavy atom. The van der Waals surface area contributed by atoms with Crippen LogP contribution in [0, 0.1) is 0 Å². The van der Waals surface area contributed by atoms with E-state index in [9.17, 15) is 8.42 Å². The molecule has 0 saturated heterocycles. The molecule has 0 aromatic carbocycles. The second-order valence-corrected chi connectivity index (χ2v) is 5.50. The second kappa shape index (κ2) is 4.75. The van der Waals surface area contributed by atoms with Gasteiger partial charge in [0.1, 0.15) is 4.90 Å². The van der Waals surface area contributed by atoms with E-state index >= 15 is 0 Å². The number of aromatic nitrogens is 3. The standard InChI is InChI=1S/C10H13N5O2S/c1-15-7-8(4-13-15)5-14-18(16,17)10-6-12-3-2-9(10)11/h2-4,6-7,14H,5H2,1H3,(H2,11,12). The maximum Gasteiger partial charge on any atom is 0.244 e. The number of nitrogen functional groups attached to an aromatic ring is 1. The largest absolute Gasteiger partial charge is 0.398 e. The van der Waals surface area contributed by atoms with Crippen LogP contribution in [0.4, 0.5) is 5.69 Å². The molecule has 0 aliphatic heterocycles. The summed E-state index contributed by atoms with van der Waals surface area (Å²) >= 11 is 0. The maximum absolute atomic E-state index is 12.0. The number of pyridine rings is 1. The third-order valence-electron chi connectivity index (χ3n) is 2.33. The Morgan fingerprint density at radius 2 is 2.22 bits per heavy atom. The number of nitrogens with zero attached hydrogens (tertiary/aromatic N) is 3. The normalized spacial score (nSPS) is 11.6. The number of nitrogens with one attached hydrogen (secondary N) is 1. The van der Waals surface area contributed by atoms with Gasteiger partial charge in [0.25, 0.3) is 0 Å². The Hall–Kier alpha value is -1.93. The lowest BCUT2D eigenvalue weighted by atomic mass is 10.4. The Morgan fingerprint density at radius 1 is 1.44 bits per heavy atom. The van der Waals surface area contributed by atoms with Gasteiger partial charge in [-0.1, -0.05) is 0 Å². The third kappa shape index (κ3) is 2.66. The average Bonchev–Trinajstić information content (AvgIpc) is 2.73. The lowest BCUT2D eigenvalue weighted by Gasteiger charge is -2.07. The van der Waals surface area contributed by atoms with E-state index in [0.29, 0.717) is 0 Å². The van der Waals surface area contributed by atoms with E-state index in [1.165, 1.54) is 18.5 Å². The summed E-state index contributed by atoms with van der Waals surface area (Å²) in [7, 11) is -1.89. The highest BCUT2D eigenvalue weighted by atomic mass is 32.2. The molecular formula is C10H13N5O2S. The molecule has 2 aromatic rings. The zero-order chi connectivity index (χ0) is 13.2. The molecule has 0 aliphatic rings. The fourth-order valence-corrected chi connectivity index (χ4v) is 2.52. The summed E-state index contributed by atoms with van der Waals surface area (Å²) in [6.45, 7) is 0.157. The molecule has 0 atom stereocenters. The van der Waals surface area contributed by atoms with Gasteiger partial charge in [-0.25, -0.2) is 13.1 Å². The van der Waals surface area contributed by atoms with E-state index in [-0.39, 0.29) is 17.1 Å². The minimum atomic E-state index is -3.65. The van der Waals surface area contributed by atoms with E-state index in [1.54, 1.807) is 24.1 Å². The van der Waals surface area contributed by atoms with Crippen LogP contribution in [0.3, 0.4) is 0 Å². The van der Waals surface area contributed by atoms with Gasteiger partial charge in [-0.2, -0.15) is 5.10 Å². The minimum absolute atomic E-state index is 0.0195. The zero-order valence-electron chi connectivity index (χ0n) is 9.74. The van der Waals surface area contributed by atoms with Crippen molar-refractivity contribution in [2.24, 2.45) is 7.05 Å².